The van der Waals surface area contributed by atoms with Crippen LogP contribution < -0.4 is 11.1 Å². The molecule has 0 spiro atoms. The van der Waals surface area contributed by atoms with E-state index in [9.17, 15) is 15.0 Å². The lowest BCUT2D eigenvalue weighted by Gasteiger charge is -2.70. The number of nitrogens with zero attached hydrogens (tertiary/aromatic N) is 4. The van der Waals surface area contributed by atoms with Crippen LogP contribution in [0, 0.1) is 56.7 Å². The predicted octanol–water partition coefficient (Wildman–Crippen LogP) is 5.91. The number of carboxylic acids is 1. The molecule has 0 aromatic carbocycles. The summed E-state index contributed by atoms with van der Waals surface area (Å²) in [5.74, 6) is -0.00631. The zero-order chi connectivity index (χ0) is 36.5. The number of rotatable bonds is 10. The van der Waals surface area contributed by atoms with Crippen LogP contribution in [0.3, 0.4) is 0 Å². The fourth-order valence-corrected chi connectivity index (χ4v) is 12.8. The Kier molecular flexibility index (Phi) is 9.87. The first-order valence-corrected chi connectivity index (χ1v) is 19.5. The summed E-state index contributed by atoms with van der Waals surface area (Å²) in [6.07, 6.45) is 8.98. The molecule has 1 aromatic heterocycles. The molecule has 50 heavy (non-hydrogen) atoms. The fourth-order valence-electron chi connectivity index (χ4n) is 12.8. The molecule has 1 aliphatic heterocycles. The summed E-state index contributed by atoms with van der Waals surface area (Å²) >= 11 is 0. The highest BCUT2D eigenvalue weighted by molar-refractivity contribution is 5.73. The average molecular weight is 699 g/mol. The van der Waals surface area contributed by atoms with Crippen molar-refractivity contribution in [1.82, 2.24) is 25.5 Å². The van der Waals surface area contributed by atoms with E-state index in [0.717, 1.165) is 45.1 Å². The smallest absolute Gasteiger partial charge is 0.307 e. The number of nitrogens with two attached hydrogens (primary N) is 1. The fraction of sp³-hybridized carbons (Fsp3) is 0.897. The third-order valence-electron chi connectivity index (χ3n) is 16.1. The molecular weight excluding hydrogens is 632 g/mol. The van der Waals surface area contributed by atoms with Crippen LogP contribution in [-0.4, -0.2) is 81.0 Å². The number of aliphatic hydroxyl groups is 1. The monoisotopic (exact) mass is 699 g/mol. The molecule has 0 unspecified atom stereocenters. The number of nitrogens with one attached hydrogen (secondary N) is 1. The minimum absolute atomic E-state index is 0.00669. The number of aliphatic hydroxyl groups excluding tert-OH is 1. The summed E-state index contributed by atoms with van der Waals surface area (Å²) in [7, 11) is 0. The molecule has 3 saturated carbocycles. The van der Waals surface area contributed by atoms with E-state index in [1.807, 2.05) is 0 Å². The zero-order valence-corrected chi connectivity index (χ0v) is 32.3. The van der Waals surface area contributed by atoms with Crippen molar-refractivity contribution in [1.29, 1.82) is 0 Å². The molecule has 10 atom stereocenters. The molecule has 0 amide bonds. The number of tetrazole rings is 1. The average Bonchev–Trinajstić information content (AvgIpc) is 3.50. The second-order valence-corrected chi connectivity index (χ2v) is 18.7. The molecule has 1 aromatic rings. The topological polar surface area (TPSA) is 158 Å². The summed E-state index contributed by atoms with van der Waals surface area (Å²) in [4.78, 5) is 15.1. The van der Waals surface area contributed by atoms with Crippen molar-refractivity contribution in [3.8, 4) is 0 Å². The van der Waals surface area contributed by atoms with E-state index in [0.29, 0.717) is 38.6 Å². The van der Waals surface area contributed by atoms with Crippen molar-refractivity contribution in [3.05, 3.63) is 11.6 Å². The van der Waals surface area contributed by atoms with Gasteiger partial charge in [-0.05, 0) is 108 Å². The van der Waals surface area contributed by atoms with Gasteiger partial charge in [-0.25, -0.2) is 0 Å². The van der Waals surface area contributed by atoms with Crippen molar-refractivity contribution in [3.63, 3.8) is 0 Å². The first-order chi connectivity index (χ1) is 23.5. The van der Waals surface area contributed by atoms with Gasteiger partial charge in [0.1, 0.15) is 6.04 Å². The Morgan fingerprint density at radius 3 is 2.38 bits per heavy atom. The van der Waals surface area contributed by atoms with Gasteiger partial charge in [0.05, 0.1) is 25.2 Å². The van der Waals surface area contributed by atoms with Crippen molar-refractivity contribution in [2.75, 3.05) is 38.7 Å². The summed E-state index contributed by atoms with van der Waals surface area (Å²) in [6, 6.07) is -0.300. The number of hydrogen-bond acceptors (Lipinski definition) is 9. The maximum Gasteiger partial charge on any atom is 0.307 e. The molecule has 282 valence electrons. The zero-order valence-electron chi connectivity index (χ0n) is 32.3. The van der Waals surface area contributed by atoms with E-state index >= 15 is 0 Å². The number of anilines is 1. The normalized spacial score (nSPS) is 41.4. The van der Waals surface area contributed by atoms with E-state index < -0.39 is 22.7 Å². The summed E-state index contributed by atoms with van der Waals surface area (Å²) in [5.41, 5.74) is 5.38. The Labute approximate surface area is 299 Å². The van der Waals surface area contributed by atoms with Gasteiger partial charge < -0.3 is 30.7 Å². The van der Waals surface area contributed by atoms with Crippen LogP contribution in [0.2, 0.25) is 0 Å². The summed E-state index contributed by atoms with van der Waals surface area (Å²) in [5, 5.41) is 39.6. The Hall–Kier alpha value is -2.08. The highest BCUT2D eigenvalue weighted by Crippen LogP contribution is 2.74. The van der Waals surface area contributed by atoms with E-state index in [2.05, 4.69) is 89.1 Å². The molecule has 0 radical (unpaired) electrons. The number of aliphatic carboxylic acids is 1. The van der Waals surface area contributed by atoms with Crippen molar-refractivity contribution in [2.45, 2.75) is 131 Å². The molecule has 11 nitrogen and oxygen atoms in total. The van der Waals surface area contributed by atoms with Gasteiger partial charge in [0.25, 0.3) is 5.95 Å². The summed E-state index contributed by atoms with van der Waals surface area (Å²) < 4.78 is 12.9. The number of hydrogen-bond donors (Lipinski definition) is 4. The van der Waals surface area contributed by atoms with Gasteiger partial charge >= 0.3 is 5.97 Å². The lowest BCUT2D eigenvalue weighted by molar-refractivity contribution is -0.210. The minimum Gasteiger partial charge on any atom is -0.481 e. The lowest BCUT2D eigenvalue weighted by Crippen LogP contribution is -2.66. The third kappa shape index (κ3) is 5.49. The van der Waals surface area contributed by atoms with Crippen LogP contribution in [0.25, 0.3) is 0 Å². The van der Waals surface area contributed by atoms with Crippen molar-refractivity contribution in [2.24, 2.45) is 56.7 Å². The van der Waals surface area contributed by atoms with E-state index in [-0.39, 0.29) is 64.2 Å². The lowest BCUT2D eigenvalue weighted by atomic mass is 9.34. The second-order valence-electron chi connectivity index (χ2n) is 18.7. The van der Waals surface area contributed by atoms with Crippen LogP contribution >= 0.6 is 0 Å². The highest BCUT2D eigenvalue weighted by Gasteiger charge is 2.70. The second kappa shape index (κ2) is 13.1. The van der Waals surface area contributed by atoms with Crippen molar-refractivity contribution >= 4 is 11.9 Å². The maximum absolute atomic E-state index is 13.5. The largest absolute Gasteiger partial charge is 0.481 e. The molecule has 5 N–H and O–H groups in total. The molecule has 0 bridgehead atoms. The molecule has 2 heterocycles. The number of fused-ring (bicyclic) bond motifs is 5. The minimum atomic E-state index is -0.663. The Bertz CT molecular complexity index is 1430. The first kappa shape index (κ1) is 37.7. The van der Waals surface area contributed by atoms with E-state index in [1.165, 1.54) is 5.57 Å². The third-order valence-corrected chi connectivity index (χ3v) is 16.1. The quantitative estimate of drug-likeness (QED) is 0.217. The number of likely N-dealkylation sites (N-methyl/N-ethyl adjacent to an activating group) is 1. The van der Waals surface area contributed by atoms with Gasteiger partial charge in [0.2, 0.25) is 0 Å². The van der Waals surface area contributed by atoms with Crippen LogP contribution in [0.1, 0.15) is 120 Å². The summed E-state index contributed by atoms with van der Waals surface area (Å²) in [6.45, 7) is 23.2. The number of aromatic nitrogens is 4. The molecule has 5 aliphatic rings. The first-order valence-electron chi connectivity index (χ1n) is 19.5. The van der Waals surface area contributed by atoms with Gasteiger partial charge in [-0.2, -0.15) is 4.80 Å². The predicted molar refractivity (Wildman–Crippen MR) is 193 cm³/mol. The molecule has 6 rings (SSSR count). The molecule has 11 heteroatoms. The van der Waals surface area contributed by atoms with Crippen LogP contribution in [0.15, 0.2) is 11.6 Å². The number of nitrogen functional groups attached to an aromatic ring is 1. The molecule has 4 fully saturated rings. The van der Waals surface area contributed by atoms with Crippen LogP contribution in [0.5, 0.6) is 0 Å². The number of carbonyl (C=O) groups is 1. The van der Waals surface area contributed by atoms with Gasteiger partial charge in [0.15, 0.2) is 0 Å². The highest BCUT2D eigenvalue weighted by atomic mass is 16.5. The number of carboxylic acid groups (broad SMARTS) is 1. The standard InChI is InChI=1S/C39H66N6O5/c1-10-41-38(17-19-49-20-18-38)23-50-31-28(45-43-33(40)42-44-45)21-39(22-46)27-13-14-37(9)30(32(47)48)35(7,25(4)24(2)3)15-16-36(37,8)26(27)11-12-29(39)34(31,5)6/h13,24-26,28-31,41,46H,10-12,14-23H2,1-9H3,(H2,40,43)(H,47,48)/t25-,26+,28-,29+,30-,31+,35-,36-,37+,39+/m1/s1. The van der Waals surface area contributed by atoms with E-state index in [4.69, 9.17) is 15.2 Å². The van der Waals surface area contributed by atoms with Gasteiger partial charge in [-0.15, -0.1) is 5.10 Å². The molecule has 1 saturated heterocycles. The van der Waals surface area contributed by atoms with Gasteiger partial charge in [0, 0.05) is 24.2 Å². The van der Waals surface area contributed by atoms with Crippen LogP contribution in [-0.2, 0) is 14.3 Å². The van der Waals surface area contributed by atoms with Crippen molar-refractivity contribution < 1.29 is 24.5 Å². The Morgan fingerprint density at radius 1 is 1.10 bits per heavy atom. The van der Waals surface area contributed by atoms with Crippen LogP contribution in [0.4, 0.5) is 5.95 Å². The van der Waals surface area contributed by atoms with E-state index in [1.54, 1.807) is 4.80 Å². The number of allylic oxidation sites excluding steroid dienone is 1. The Balaban J connectivity index is 1.42. The maximum atomic E-state index is 13.5. The number of ether oxygens (including phenoxy) is 2. The molecule has 4 aliphatic carbocycles. The Morgan fingerprint density at radius 2 is 1.80 bits per heavy atom. The molecular formula is C39H66N6O5. The van der Waals surface area contributed by atoms with Gasteiger partial charge in [-0.1, -0.05) is 79.1 Å². The van der Waals surface area contributed by atoms with Gasteiger partial charge in [-0.3, -0.25) is 4.79 Å². The SMILES string of the molecule is CCNC1(CO[C@H]2[C@H](n3nnc(N)n3)C[C@]3(CO)C4=CC[C@@]5(C)[C@H](C(=O)O)[C@@](C)([C@H](C)C(C)C)CC[C@]5(C)[C@H]4CC[C@H]3C2(C)C)CCOCC1.